The first-order valence-corrected chi connectivity index (χ1v) is 6.19. The molecule has 2 atom stereocenters. The smallest absolute Gasteiger partial charge is 0.0221 e. The van der Waals surface area contributed by atoms with E-state index in [1.165, 1.54) is 25.8 Å². The van der Waals surface area contributed by atoms with E-state index in [0.717, 1.165) is 12.6 Å². The van der Waals surface area contributed by atoms with Crippen LogP contribution in [0.4, 0.5) is 0 Å². The quantitative estimate of drug-likeness (QED) is 0.675. The van der Waals surface area contributed by atoms with Gasteiger partial charge in [-0.05, 0) is 46.2 Å². The number of hydrogen-bond donors (Lipinski definition) is 1. The summed E-state index contributed by atoms with van der Waals surface area (Å²) in [6, 6.07) is 2.19. The molecule has 0 radical (unpaired) electrons. The summed E-state index contributed by atoms with van der Waals surface area (Å²) in [7, 11) is 0. The summed E-state index contributed by atoms with van der Waals surface area (Å²) in [4.78, 5) is 2.65. The van der Waals surface area contributed by atoms with Gasteiger partial charge < -0.3 is 5.32 Å². The largest absolute Gasteiger partial charge is 0.313 e. The fraction of sp³-hybridized carbons (Fsp3) is 1.00. The van der Waals surface area contributed by atoms with Crippen molar-refractivity contribution in [2.75, 3.05) is 13.1 Å². The van der Waals surface area contributed by atoms with Crippen LogP contribution in [0, 0.1) is 0 Å². The summed E-state index contributed by atoms with van der Waals surface area (Å²) in [5, 5.41) is 3.59. The predicted octanol–water partition coefficient (Wildman–Crippen LogP) is 2.25. The molecule has 0 heterocycles. The first kappa shape index (κ1) is 12.0. The van der Waals surface area contributed by atoms with E-state index in [4.69, 9.17) is 0 Å². The highest BCUT2D eigenvalue weighted by Crippen LogP contribution is 2.28. The summed E-state index contributed by atoms with van der Waals surface area (Å²) in [5.41, 5.74) is 0. The van der Waals surface area contributed by atoms with Crippen molar-refractivity contribution >= 4 is 0 Å². The van der Waals surface area contributed by atoms with Crippen LogP contribution in [0.25, 0.3) is 0 Å². The Balaban J connectivity index is 2.32. The van der Waals surface area contributed by atoms with Crippen LogP contribution >= 0.6 is 0 Å². The van der Waals surface area contributed by atoms with Gasteiger partial charge in [-0.15, -0.1) is 0 Å². The molecule has 0 saturated heterocycles. The molecule has 2 nitrogen and oxygen atoms in total. The van der Waals surface area contributed by atoms with E-state index < -0.39 is 0 Å². The third-order valence-electron chi connectivity index (χ3n) is 3.34. The van der Waals surface area contributed by atoms with Gasteiger partial charge in [0.05, 0.1) is 0 Å². The van der Waals surface area contributed by atoms with Crippen LogP contribution in [0.2, 0.25) is 0 Å². The maximum atomic E-state index is 3.59. The second-order valence-electron chi connectivity index (χ2n) is 4.55. The van der Waals surface area contributed by atoms with Crippen molar-refractivity contribution in [2.45, 2.75) is 65.1 Å². The van der Waals surface area contributed by atoms with E-state index in [9.17, 15) is 0 Å². The van der Waals surface area contributed by atoms with Gasteiger partial charge in [0, 0.05) is 18.1 Å². The fourth-order valence-electron chi connectivity index (χ4n) is 2.11. The SMILES string of the molecule is CCCNC(C)C(C)N(CC)C1CC1. The maximum absolute atomic E-state index is 3.59. The summed E-state index contributed by atoms with van der Waals surface area (Å²) >= 11 is 0. The van der Waals surface area contributed by atoms with Crippen molar-refractivity contribution in [3.63, 3.8) is 0 Å². The number of nitrogens with zero attached hydrogens (tertiary/aromatic N) is 1. The lowest BCUT2D eigenvalue weighted by Gasteiger charge is -2.32. The Hall–Kier alpha value is -0.0800. The van der Waals surface area contributed by atoms with Crippen LogP contribution in [0.15, 0.2) is 0 Å². The summed E-state index contributed by atoms with van der Waals surface area (Å²) in [6.45, 7) is 11.5. The highest BCUT2D eigenvalue weighted by atomic mass is 15.2. The zero-order chi connectivity index (χ0) is 10.6. The van der Waals surface area contributed by atoms with Crippen molar-refractivity contribution < 1.29 is 0 Å². The van der Waals surface area contributed by atoms with Gasteiger partial charge >= 0.3 is 0 Å². The summed E-state index contributed by atoms with van der Waals surface area (Å²) in [5.74, 6) is 0. The lowest BCUT2D eigenvalue weighted by molar-refractivity contribution is 0.174. The lowest BCUT2D eigenvalue weighted by Crippen LogP contribution is -2.48. The molecule has 1 fully saturated rings. The van der Waals surface area contributed by atoms with Crippen LogP contribution in [0.5, 0.6) is 0 Å². The van der Waals surface area contributed by atoms with E-state index in [1.54, 1.807) is 0 Å². The monoisotopic (exact) mass is 198 g/mol. The minimum absolute atomic E-state index is 0.621. The van der Waals surface area contributed by atoms with Crippen LogP contribution < -0.4 is 5.32 Å². The lowest BCUT2D eigenvalue weighted by atomic mass is 10.1. The van der Waals surface area contributed by atoms with Gasteiger partial charge in [0.1, 0.15) is 0 Å². The Morgan fingerprint density at radius 3 is 2.36 bits per heavy atom. The molecule has 1 rings (SSSR count). The molecule has 84 valence electrons. The number of likely N-dealkylation sites (N-methyl/N-ethyl adjacent to an activating group) is 1. The molecule has 1 N–H and O–H groups in total. The van der Waals surface area contributed by atoms with Crippen LogP contribution in [0.3, 0.4) is 0 Å². The third kappa shape index (κ3) is 3.25. The predicted molar refractivity (Wildman–Crippen MR) is 62.6 cm³/mol. The van der Waals surface area contributed by atoms with E-state index in [2.05, 4.69) is 37.9 Å². The molecule has 1 aliphatic carbocycles. The molecule has 14 heavy (non-hydrogen) atoms. The molecule has 2 heteroatoms. The van der Waals surface area contributed by atoms with Crippen LogP contribution in [-0.4, -0.2) is 36.1 Å². The van der Waals surface area contributed by atoms with Crippen molar-refractivity contribution in [3.8, 4) is 0 Å². The van der Waals surface area contributed by atoms with E-state index in [0.29, 0.717) is 12.1 Å². The molecule has 1 aliphatic rings. The minimum atomic E-state index is 0.621. The highest BCUT2D eigenvalue weighted by molar-refractivity contribution is 4.89. The van der Waals surface area contributed by atoms with Gasteiger partial charge in [0.2, 0.25) is 0 Å². The van der Waals surface area contributed by atoms with Gasteiger partial charge in [0.15, 0.2) is 0 Å². The van der Waals surface area contributed by atoms with Crippen molar-refractivity contribution in [2.24, 2.45) is 0 Å². The fourth-order valence-corrected chi connectivity index (χ4v) is 2.11. The van der Waals surface area contributed by atoms with Crippen molar-refractivity contribution in [1.29, 1.82) is 0 Å². The number of hydrogen-bond acceptors (Lipinski definition) is 2. The minimum Gasteiger partial charge on any atom is -0.313 e. The molecule has 0 bridgehead atoms. The number of rotatable bonds is 7. The van der Waals surface area contributed by atoms with Crippen LogP contribution in [0.1, 0.15) is 47.0 Å². The summed E-state index contributed by atoms with van der Waals surface area (Å²) in [6.07, 6.45) is 4.06. The molecule has 0 aromatic carbocycles. The van der Waals surface area contributed by atoms with Crippen molar-refractivity contribution in [1.82, 2.24) is 10.2 Å². The van der Waals surface area contributed by atoms with E-state index in [1.807, 2.05) is 0 Å². The molecule has 0 spiro atoms. The Labute approximate surface area is 89.1 Å². The zero-order valence-corrected chi connectivity index (χ0v) is 10.2. The Bertz CT molecular complexity index is 154. The number of nitrogens with one attached hydrogen (secondary N) is 1. The maximum Gasteiger partial charge on any atom is 0.0221 e. The van der Waals surface area contributed by atoms with Gasteiger partial charge in [-0.1, -0.05) is 13.8 Å². The molecular weight excluding hydrogens is 172 g/mol. The molecular formula is C12H26N2. The van der Waals surface area contributed by atoms with Gasteiger partial charge in [-0.2, -0.15) is 0 Å². The zero-order valence-electron chi connectivity index (χ0n) is 10.2. The first-order chi connectivity index (χ1) is 6.70. The first-order valence-electron chi connectivity index (χ1n) is 6.19. The van der Waals surface area contributed by atoms with E-state index >= 15 is 0 Å². The van der Waals surface area contributed by atoms with Crippen LogP contribution in [-0.2, 0) is 0 Å². The average molecular weight is 198 g/mol. The topological polar surface area (TPSA) is 15.3 Å². The van der Waals surface area contributed by atoms with Gasteiger partial charge in [-0.25, -0.2) is 0 Å². The summed E-state index contributed by atoms with van der Waals surface area (Å²) < 4.78 is 0. The Morgan fingerprint density at radius 1 is 1.29 bits per heavy atom. The molecule has 1 saturated carbocycles. The molecule has 0 aliphatic heterocycles. The molecule has 2 unspecified atom stereocenters. The van der Waals surface area contributed by atoms with E-state index in [-0.39, 0.29) is 0 Å². The second kappa shape index (κ2) is 5.72. The standard InChI is InChI=1S/C12H26N2/c1-5-9-13-10(3)11(4)14(6-2)12-7-8-12/h10-13H,5-9H2,1-4H3. The highest BCUT2D eigenvalue weighted by Gasteiger charge is 2.32. The van der Waals surface area contributed by atoms with Gasteiger partial charge in [-0.3, -0.25) is 4.90 Å². The van der Waals surface area contributed by atoms with Crippen molar-refractivity contribution in [3.05, 3.63) is 0 Å². The third-order valence-corrected chi connectivity index (χ3v) is 3.34. The Morgan fingerprint density at radius 2 is 1.93 bits per heavy atom. The normalized spacial score (nSPS) is 21.2. The Kier molecular flexibility index (Phi) is 4.90. The molecule has 0 aromatic rings. The average Bonchev–Trinajstić information content (AvgIpc) is 2.99. The second-order valence-corrected chi connectivity index (χ2v) is 4.55. The van der Waals surface area contributed by atoms with Gasteiger partial charge in [0.25, 0.3) is 0 Å². The molecule has 0 aromatic heterocycles. The molecule has 0 amide bonds.